The van der Waals surface area contributed by atoms with Gasteiger partial charge in [-0.25, -0.2) is 4.79 Å². The fraction of sp³-hybridized carbons (Fsp3) is 0.400. The Balaban J connectivity index is 1.55. The van der Waals surface area contributed by atoms with Gasteiger partial charge in [0.15, 0.2) is 0 Å². The van der Waals surface area contributed by atoms with E-state index in [1.54, 1.807) is 0 Å². The molecule has 0 spiro atoms. The van der Waals surface area contributed by atoms with Gasteiger partial charge >= 0.3 is 6.03 Å². The van der Waals surface area contributed by atoms with E-state index >= 15 is 0 Å². The van der Waals surface area contributed by atoms with Crippen LogP contribution in [-0.2, 0) is 19.4 Å². The smallest absolute Gasteiger partial charge is 0.312 e. The molecular formula is C25H29N3OS. The van der Waals surface area contributed by atoms with Gasteiger partial charge in [-0.15, -0.1) is 11.3 Å². The zero-order valence-electron chi connectivity index (χ0n) is 18.0. The molecule has 3 heterocycles. The van der Waals surface area contributed by atoms with Gasteiger partial charge in [-0.05, 0) is 86.9 Å². The Morgan fingerprint density at radius 1 is 1.13 bits per heavy atom. The molecule has 1 aliphatic heterocycles. The van der Waals surface area contributed by atoms with Gasteiger partial charge in [-0.1, -0.05) is 13.0 Å². The number of nitrogens with one attached hydrogen (secondary N) is 1. The third-order valence-corrected chi connectivity index (χ3v) is 8.04. The Morgan fingerprint density at radius 3 is 2.77 bits per heavy atom. The number of hydrogen-bond donors (Lipinski definition) is 1. The Morgan fingerprint density at radius 2 is 1.97 bits per heavy atom. The summed E-state index contributed by atoms with van der Waals surface area (Å²) in [6.45, 7) is 7.03. The molecule has 0 bridgehead atoms. The van der Waals surface area contributed by atoms with Crippen LogP contribution >= 0.6 is 11.3 Å². The zero-order chi connectivity index (χ0) is 20.8. The van der Waals surface area contributed by atoms with Crippen LogP contribution in [0.5, 0.6) is 0 Å². The number of carbonyl (C=O) groups excluding carboxylic acids is 1. The second-order valence-electron chi connectivity index (χ2n) is 8.58. The first-order chi connectivity index (χ1) is 14.6. The van der Waals surface area contributed by atoms with Crippen LogP contribution in [-0.4, -0.2) is 15.5 Å². The Kier molecular flexibility index (Phi) is 4.94. The van der Waals surface area contributed by atoms with E-state index in [1.165, 1.54) is 57.1 Å². The molecule has 3 aromatic rings. The highest BCUT2D eigenvalue weighted by Gasteiger charge is 2.34. The summed E-state index contributed by atoms with van der Waals surface area (Å²) in [5.41, 5.74) is 7.37. The molecular weight excluding hydrogens is 390 g/mol. The third-order valence-electron chi connectivity index (χ3n) is 6.71. The van der Waals surface area contributed by atoms with E-state index in [1.807, 2.05) is 17.4 Å². The molecule has 1 atom stereocenters. The molecule has 2 amide bonds. The number of anilines is 1. The minimum Gasteiger partial charge on any atom is -0.312 e. The van der Waals surface area contributed by atoms with Crippen LogP contribution in [0.3, 0.4) is 0 Å². The van der Waals surface area contributed by atoms with Crippen LogP contribution in [0.25, 0.3) is 5.00 Å². The minimum atomic E-state index is -0.0125. The molecule has 1 aliphatic carbocycles. The second-order valence-corrected chi connectivity index (χ2v) is 9.66. The van der Waals surface area contributed by atoms with Gasteiger partial charge in [0, 0.05) is 28.0 Å². The maximum atomic E-state index is 13.5. The molecule has 0 radical (unpaired) electrons. The van der Waals surface area contributed by atoms with Crippen molar-refractivity contribution in [1.29, 1.82) is 0 Å². The average molecular weight is 420 g/mol. The summed E-state index contributed by atoms with van der Waals surface area (Å²) in [6, 6.07) is 10.5. The van der Waals surface area contributed by atoms with E-state index in [9.17, 15) is 4.79 Å². The van der Waals surface area contributed by atoms with E-state index in [0.29, 0.717) is 6.54 Å². The molecule has 0 saturated carbocycles. The predicted molar refractivity (Wildman–Crippen MR) is 124 cm³/mol. The lowest BCUT2D eigenvalue weighted by molar-refractivity contribution is 0.181. The SMILES string of the molecule is CC[C@H]1c2cccn2-c2sc3c(c2CN1C(=O)Nc1ccc(C)c(C)c1)CCCC3. The van der Waals surface area contributed by atoms with Crippen molar-refractivity contribution in [3.05, 3.63) is 69.4 Å². The standard InChI is InChI=1S/C25H29N3OS/c1-4-21-22-9-7-13-27(22)24-20(19-8-5-6-10-23(19)30-24)15-28(21)25(29)26-18-12-11-16(2)17(3)14-18/h7,9,11-14,21H,4-6,8,10,15H2,1-3H3,(H,26,29)/t21-/m0/s1. The lowest BCUT2D eigenvalue weighted by Crippen LogP contribution is -2.37. The van der Waals surface area contributed by atoms with Gasteiger partial charge in [-0.3, -0.25) is 0 Å². The Bertz CT molecular complexity index is 1110. The number of aromatic nitrogens is 1. The maximum absolute atomic E-state index is 13.5. The maximum Gasteiger partial charge on any atom is 0.322 e. The van der Waals surface area contributed by atoms with Crippen molar-refractivity contribution in [3.63, 3.8) is 0 Å². The predicted octanol–water partition coefficient (Wildman–Crippen LogP) is 6.53. The largest absolute Gasteiger partial charge is 0.322 e. The van der Waals surface area contributed by atoms with Crippen molar-refractivity contribution in [2.75, 3.05) is 5.32 Å². The number of aryl methyl sites for hydroxylation is 3. The number of carbonyl (C=O) groups is 1. The van der Waals surface area contributed by atoms with Crippen molar-refractivity contribution < 1.29 is 4.79 Å². The summed E-state index contributed by atoms with van der Waals surface area (Å²) in [5.74, 6) is 0. The third kappa shape index (κ3) is 3.16. The van der Waals surface area contributed by atoms with Gasteiger partial charge in [0.25, 0.3) is 0 Å². The van der Waals surface area contributed by atoms with Crippen molar-refractivity contribution in [1.82, 2.24) is 9.47 Å². The number of amides is 2. The number of fused-ring (bicyclic) bond motifs is 5. The van der Waals surface area contributed by atoms with Crippen LogP contribution < -0.4 is 5.32 Å². The van der Waals surface area contributed by atoms with Crippen molar-refractivity contribution in [2.45, 2.75) is 65.5 Å². The average Bonchev–Trinajstić information content (AvgIpc) is 3.33. The van der Waals surface area contributed by atoms with Crippen LogP contribution in [0.1, 0.15) is 65.1 Å². The van der Waals surface area contributed by atoms with E-state index in [4.69, 9.17) is 0 Å². The number of urea groups is 1. The van der Waals surface area contributed by atoms with Crippen molar-refractivity contribution >= 4 is 23.1 Å². The summed E-state index contributed by atoms with van der Waals surface area (Å²) in [7, 11) is 0. The normalized spacial score (nSPS) is 17.7. The van der Waals surface area contributed by atoms with E-state index < -0.39 is 0 Å². The number of rotatable bonds is 2. The lowest BCUT2D eigenvalue weighted by atomic mass is 9.95. The first kappa shape index (κ1) is 19.4. The molecule has 1 aromatic carbocycles. The first-order valence-electron chi connectivity index (χ1n) is 11.0. The van der Waals surface area contributed by atoms with Crippen LogP contribution in [0, 0.1) is 13.8 Å². The number of hydrogen-bond acceptors (Lipinski definition) is 2. The highest BCUT2D eigenvalue weighted by molar-refractivity contribution is 7.15. The summed E-state index contributed by atoms with van der Waals surface area (Å²) >= 11 is 1.94. The van der Waals surface area contributed by atoms with Crippen molar-refractivity contribution in [3.8, 4) is 5.00 Å². The van der Waals surface area contributed by atoms with Gasteiger partial charge < -0.3 is 14.8 Å². The number of benzene rings is 1. The Labute approximate surface area is 182 Å². The monoisotopic (exact) mass is 419 g/mol. The molecule has 1 N–H and O–H groups in total. The molecule has 2 aromatic heterocycles. The summed E-state index contributed by atoms with van der Waals surface area (Å²) in [4.78, 5) is 17.1. The summed E-state index contributed by atoms with van der Waals surface area (Å²) in [5, 5.41) is 4.50. The summed E-state index contributed by atoms with van der Waals surface area (Å²) in [6.07, 6.45) is 7.90. The lowest BCUT2D eigenvalue weighted by Gasteiger charge is -2.30. The topological polar surface area (TPSA) is 37.3 Å². The molecule has 30 heavy (non-hydrogen) atoms. The fourth-order valence-electron chi connectivity index (χ4n) is 4.92. The van der Waals surface area contributed by atoms with E-state index in [0.717, 1.165) is 18.5 Å². The minimum absolute atomic E-state index is 0.0125. The molecule has 5 rings (SSSR count). The highest BCUT2D eigenvalue weighted by atomic mass is 32.1. The first-order valence-corrected chi connectivity index (χ1v) is 11.8. The van der Waals surface area contributed by atoms with Crippen LogP contribution in [0.4, 0.5) is 10.5 Å². The number of thiophene rings is 1. The van der Waals surface area contributed by atoms with Crippen LogP contribution in [0.2, 0.25) is 0 Å². The van der Waals surface area contributed by atoms with Gasteiger partial charge in [0.1, 0.15) is 5.00 Å². The van der Waals surface area contributed by atoms with Crippen molar-refractivity contribution in [2.24, 2.45) is 0 Å². The second kappa shape index (κ2) is 7.62. The molecule has 0 unspecified atom stereocenters. The Hall–Kier alpha value is -2.53. The molecule has 4 nitrogen and oxygen atoms in total. The fourth-order valence-corrected chi connectivity index (χ4v) is 6.33. The summed E-state index contributed by atoms with van der Waals surface area (Å²) < 4.78 is 2.34. The highest BCUT2D eigenvalue weighted by Crippen LogP contribution is 2.43. The van der Waals surface area contributed by atoms with Gasteiger partial charge in [0.05, 0.1) is 12.6 Å². The number of nitrogens with zero attached hydrogens (tertiary/aromatic N) is 2. The quantitative estimate of drug-likeness (QED) is 0.503. The van der Waals surface area contributed by atoms with E-state index in [-0.39, 0.29) is 12.1 Å². The molecule has 156 valence electrons. The van der Waals surface area contributed by atoms with Crippen LogP contribution in [0.15, 0.2) is 36.5 Å². The molecule has 0 fully saturated rings. The zero-order valence-corrected chi connectivity index (χ0v) is 18.8. The molecule has 2 aliphatic rings. The van der Waals surface area contributed by atoms with Gasteiger partial charge in [-0.2, -0.15) is 0 Å². The van der Waals surface area contributed by atoms with Gasteiger partial charge in [0.2, 0.25) is 0 Å². The molecule has 5 heteroatoms. The van der Waals surface area contributed by atoms with E-state index in [2.05, 4.69) is 66.0 Å². The molecule has 0 saturated heterocycles.